The van der Waals surface area contributed by atoms with Gasteiger partial charge in [-0.15, -0.1) is 0 Å². The molecular weight excluding hydrogens is 252 g/mol. The number of benzene rings is 1. The summed E-state index contributed by atoms with van der Waals surface area (Å²) in [6, 6.07) is 11.3. The van der Waals surface area contributed by atoms with Gasteiger partial charge in [0.15, 0.2) is 0 Å². The molecule has 2 heterocycles. The summed E-state index contributed by atoms with van der Waals surface area (Å²) in [5.74, 6) is 0.735. The molecule has 0 amide bonds. The number of para-hydroxylation sites is 1. The van der Waals surface area contributed by atoms with Crippen LogP contribution >= 0.6 is 0 Å². The molecule has 20 heavy (non-hydrogen) atoms. The van der Waals surface area contributed by atoms with E-state index in [1.54, 1.807) is 4.68 Å². The summed E-state index contributed by atoms with van der Waals surface area (Å²) in [7, 11) is 0. The number of tetrazole rings is 1. The zero-order valence-corrected chi connectivity index (χ0v) is 11.3. The summed E-state index contributed by atoms with van der Waals surface area (Å²) in [5.41, 5.74) is 0.983. The molecule has 1 aromatic carbocycles. The van der Waals surface area contributed by atoms with E-state index in [0.29, 0.717) is 6.04 Å². The van der Waals surface area contributed by atoms with Crippen LogP contribution in [0.25, 0.3) is 5.69 Å². The summed E-state index contributed by atoms with van der Waals surface area (Å²) < 4.78 is 1.76. The lowest BCUT2D eigenvalue weighted by atomic mass is 10.3. The van der Waals surface area contributed by atoms with Gasteiger partial charge >= 0.3 is 0 Å². The summed E-state index contributed by atoms with van der Waals surface area (Å²) >= 11 is 0. The first-order valence-electron chi connectivity index (χ1n) is 7.24. The Morgan fingerprint density at radius 2 is 1.95 bits per heavy atom. The van der Waals surface area contributed by atoms with E-state index < -0.39 is 0 Å². The number of rotatable bonds is 4. The van der Waals surface area contributed by atoms with Gasteiger partial charge in [-0.05, 0) is 41.8 Å². The molecule has 1 saturated heterocycles. The molecule has 104 valence electrons. The Morgan fingerprint density at radius 1 is 1.10 bits per heavy atom. The summed E-state index contributed by atoms with van der Waals surface area (Å²) in [6.07, 6.45) is 3.90. The van der Waals surface area contributed by atoms with E-state index in [0.717, 1.165) is 30.6 Å². The van der Waals surface area contributed by atoms with Gasteiger partial charge in [0.05, 0.1) is 5.69 Å². The molecular formula is C14H18N6. The first-order chi connectivity index (χ1) is 9.90. The first-order valence-corrected chi connectivity index (χ1v) is 7.24. The second-order valence-electron chi connectivity index (χ2n) is 5.61. The largest absolute Gasteiger partial charge is 0.349 e. The molecule has 1 aromatic heterocycles. The summed E-state index contributed by atoms with van der Waals surface area (Å²) in [5, 5.41) is 15.5. The van der Waals surface area contributed by atoms with E-state index in [4.69, 9.17) is 0 Å². The zero-order chi connectivity index (χ0) is 13.4. The maximum Gasteiger partial charge on any atom is 0.248 e. The van der Waals surface area contributed by atoms with Crippen molar-refractivity contribution >= 4 is 5.95 Å². The Bertz CT molecular complexity index is 576. The van der Waals surface area contributed by atoms with Crippen molar-refractivity contribution in [1.29, 1.82) is 0 Å². The number of nitrogens with zero attached hydrogens (tertiary/aromatic N) is 5. The molecule has 2 aromatic rings. The van der Waals surface area contributed by atoms with Gasteiger partial charge in [0, 0.05) is 25.2 Å². The Kier molecular flexibility index (Phi) is 2.88. The third kappa shape index (κ3) is 2.27. The standard InChI is InChI=1S/C14H18N6/c1-2-4-13(5-3-1)20-14(16-17-18-20)15-11-8-9-19(10-11)12-6-7-12/h1-5,11-12H,6-10H2,(H,15,16,18). The number of likely N-dealkylation sites (tertiary alicyclic amines) is 1. The van der Waals surface area contributed by atoms with Crippen LogP contribution in [0.15, 0.2) is 30.3 Å². The van der Waals surface area contributed by atoms with Gasteiger partial charge in [0.2, 0.25) is 5.95 Å². The van der Waals surface area contributed by atoms with Crippen LogP contribution in [0.5, 0.6) is 0 Å². The van der Waals surface area contributed by atoms with E-state index in [-0.39, 0.29) is 0 Å². The average Bonchev–Trinajstić information content (AvgIpc) is 3.06. The highest BCUT2D eigenvalue weighted by Crippen LogP contribution is 2.30. The molecule has 1 aliphatic heterocycles. The monoisotopic (exact) mass is 270 g/mol. The average molecular weight is 270 g/mol. The van der Waals surface area contributed by atoms with E-state index >= 15 is 0 Å². The highest BCUT2D eigenvalue weighted by Gasteiger charge is 2.34. The van der Waals surface area contributed by atoms with Crippen LogP contribution in [0.3, 0.4) is 0 Å². The lowest BCUT2D eigenvalue weighted by molar-refractivity contribution is 0.326. The quantitative estimate of drug-likeness (QED) is 0.907. The van der Waals surface area contributed by atoms with Crippen molar-refractivity contribution < 1.29 is 0 Å². The van der Waals surface area contributed by atoms with Gasteiger partial charge in [-0.25, -0.2) is 0 Å². The predicted molar refractivity (Wildman–Crippen MR) is 75.8 cm³/mol. The molecule has 0 radical (unpaired) electrons. The minimum atomic E-state index is 0.448. The highest BCUT2D eigenvalue weighted by molar-refractivity contribution is 5.39. The van der Waals surface area contributed by atoms with E-state index in [1.165, 1.54) is 19.4 Å². The molecule has 4 rings (SSSR count). The Labute approximate surface area is 117 Å². The highest BCUT2D eigenvalue weighted by atomic mass is 15.6. The smallest absolute Gasteiger partial charge is 0.248 e. The molecule has 1 N–H and O–H groups in total. The molecule has 2 fully saturated rings. The third-order valence-electron chi connectivity index (χ3n) is 4.09. The molecule has 1 aliphatic carbocycles. The van der Waals surface area contributed by atoms with Crippen molar-refractivity contribution in [2.24, 2.45) is 0 Å². The Balaban J connectivity index is 1.48. The fourth-order valence-corrected chi connectivity index (χ4v) is 2.88. The zero-order valence-electron chi connectivity index (χ0n) is 11.3. The van der Waals surface area contributed by atoms with Gasteiger partial charge in [0.25, 0.3) is 0 Å². The number of hydrogen-bond acceptors (Lipinski definition) is 5. The maximum atomic E-state index is 4.11. The molecule has 6 heteroatoms. The first kappa shape index (κ1) is 11.8. The molecule has 6 nitrogen and oxygen atoms in total. The van der Waals surface area contributed by atoms with Gasteiger partial charge in [-0.3, -0.25) is 4.90 Å². The van der Waals surface area contributed by atoms with Gasteiger partial charge in [-0.2, -0.15) is 4.68 Å². The number of nitrogens with one attached hydrogen (secondary N) is 1. The number of anilines is 1. The number of aromatic nitrogens is 4. The van der Waals surface area contributed by atoms with Crippen molar-refractivity contribution in [2.45, 2.75) is 31.3 Å². The molecule has 1 unspecified atom stereocenters. The van der Waals surface area contributed by atoms with Crippen molar-refractivity contribution in [3.63, 3.8) is 0 Å². The second-order valence-corrected chi connectivity index (χ2v) is 5.61. The fourth-order valence-electron chi connectivity index (χ4n) is 2.88. The molecule has 1 saturated carbocycles. The Hall–Kier alpha value is -1.95. The van der Waals surface area contributed by atoms with Crippen molar-refractivity contribution in [3.8, 4) is 5.69 Å². The van der Waals surface area contributed by atoms with Gasteiger partial charge in [-0.1, -0.05) is 23.3 Å². The summed E-state index contributed by atoms with van der Waals surface area (Å²) in [6.45, 7) is 2.29. The van der Waals surface area contributed by atoms with Crippen LogP contribution < -0.4 is 5.32 Å². The minimum absolute atomic E-state index is 0.448. The lowest BCUT2D eigenvalue weighted by Gasteiger charge is -2.16. The molecule has 2 aliphatic rings. The maximum absolute atomic E-state index is 4.11. The van der Waals surface area contributed by atoms with Crippen LogP contribution in [0.2, 0.25) is 0 Å². The molecule has 1 atom stereocenters. The third-order valence-corrected chi connectivity index (χ3v) is 4.09. The number of hydrogen-bond donors (Lipinski definition) is 1. The topological polar surface area (TPSA) is 58.9 Å². The van der Waals surface area contributed by atoms with Crippen molar-refractivity contribution in [3.05, 3.63) is 30.3 Å². The van der Waals surface area contributed by atoms with Gasteiger partial charge in [0.1, 0.15) is 0 Å². The second kappa shape index (κ2) is 4.86. The van der Waals surface area contributed by atoms with Crippen molar-refractivity contribution in [1.82, 2.24) is 25.1 Å². The predicted octanol–water partition coefficient (Wildman–Crippen LogP) is 1.31. The lowest BCUT2D eigenvalue weighted by Crippen LogP contribution is -2.28. The normalized spacial score (nSPS) is 23.1. The van der Waals surface area contributed by atoms with Crippen LogP contribution in [0.4, 0.5) is 5.95 Å². The van der Waals surface area contributed by atoms with E-state index in [1.807, 2.05) is 30.3 Å². The van der Waals surface area contributed by atoms with Gasteiger partial charge < -0.3 is 5.32 Å². The SMILES string of the molecule is c1ccc(-n2nnnc2NC2CCN(C3CC3)C2)cc1. The van der Waals surface area contributed by atoms with Crippen LogP contribution in [-0.4, -0.2) is 50.3 Å². The molecule has 0 spiro atoms. The van der Waals surface area contributed by atoms with E-state index in [9.17, 15) is 0 Å². The fraction of sp³-hybridized carbons (Fsp3) is 0.500. The Morgan fingerprint density at radius 3 is 2.75 bits per heavy atom. The minimum Gasteiger partial charge on any atom is -0.349 e. The van der Waals surface area contributed by atoms with E-state index in [2.05, 4.69) is 25.7 Å². The van der Waals surface area contributed by atoms with Crippen molar-refractivity contribution in [2.75, 3.05) is 18.4 Å². The van der Waals surface area contributed by atoms with Crippen LogP contribution in [-0.2, 0) is 0 Å². The van der Waals surface area contributed by atoms with Crippen LogP contribution in [0.1, 0.15) is 19.3 Å². The molecule has 0 bridgehead atoms. The summed E-state index contributed by atoms with van der Waals surface area (Å²) in [4.78, 5) is 2.58. The van der Waals surface area contributed by atoms with Crippen LogP contribution in [0, 0.1) is 0 Å².